The van der Waals surface area contributed by atoms with Crippen LogP contribution in [0.15, 0.2) is 59.1 Å². The van der Waals surface area contributed by atoms with Gasteiger partial charge in [-0.15, -0.1) is 0 Å². The van der Waals surface area contributed by atoms with Crippen LogP contribution in [-0.2, 0) is 11.2 Å². The van der Waals surface area contributed by atoms with Crippen LogP contribution in [0.2, 0.25) is 0 Å². The number of carboxylic acids is 1. The summed E-state index contributed by atoms with van der Waals surface area (Å²) in [5.74, 6) is -0.0315. The van der Waals surface area contributed by atoms with Crippen molar-refractivity contribution in [3.05, 3.63) is 71.6 Å². The highest BCUT2D eigenvalue weighted by molar-refractivity contribution is 5.98. The summed E-state index contributed by atoms with van der Waals surface area (Å²) in [4.78, 5) is 27.8. The Morgan fingerprint density at radius 2 is 1.85 bits per heavy atom. The Balaban J connectivity index is 1.56. The summed E-state index contributed by atoms with van der Waals surface area (Å²) in [6.45, 7) is 1.65. The van der Waals surface area contributed by atoms with Crippen LogP contribution in [0.25, 0.3) is 22.2 Å². The Labute approximate surface area is 190 Å². The summed E-state index contributed by atoms with van der Waals surface area (Å²) in [5.41, 5.74) is 2.59. The predicted octanol–water partition coefficient (Wildman–Crippen LogP) is 2.84. The van der Waals surface area contributed by atoms with Crippen LogP contribution in [0.1, 0.15) is 21.7 Å². The highest BCUT2D eigenvalue weighted by atomic mass is 16.5. The molecule has 2 aromatic heterocycles. The molecule has 0 saturated heterocycles. The number of carbonyl (C=O) groups excluding carboxylic acids is 2. The molecule has 2 N–H and O–H groups in total. The lowest BCUT2D eigenvalue weighted by molar-refractivity contribution is -0.308. The van der Waals surface area contributed by atoms with Gasteiger partial charge in [0, 0.05) is 29.1 Å². The number of hydrogen-bond donors (Lipinski definition) is 2. The molecule has 2 aromatic carbocycles. The number of amides is 1. The van der Waals surface area contributed by atoms with Crippen LogP contribution in [0.5, 0.6) is 11.5 Å². The molecule has 1 amide bonds. The third kappa shape index (κ3) is 4.41. The number of rotatable bonds is 8. The summed E-state index contributed by atoms with van der Waals surface area (Å²) in [7, 11) is 3.07. The number of furan rings is 1. The highest BCUT2D eigenvalue weighted by Crippen LogP contribution is 2.34. The number of aryl methyl sites for hydroxylation is 1. The van der Waals surface area contributed by atoms with E-state index in [-0.39, 0.29) is 12.0 Å². The molecular weight excluding hydrogens is 424 g/mol. The Morgan fingerprint density at radius 1 is 1.09 bits per heavy atom. The number of aromatic nitrogens is 1. The van der Waals surface area contributed by atoms with Crippen molar-refractivity contribution in [1.82, 2.24) is 10.3 Å². The number of carbonyl (C=O) groups is 2. The van der Waals surface area contributed by atoms with Crippen LogP contribution >= 0.6 is 0 Å². The van der Waals surface area contributed by atoms with Crippen LogP contribution in [0.4, 0.5) is 0 Å². The smallest absolute Gasteiger partial charge is 0.255 e. The number of hydrogen-bond acceptors (Lipinski definition) is 6. The summed E-state index contributed by atoms with van der Waals surface area (Å²) in [6.07, 6.45) is 1.82. The maximum Gasteiger partial charge on any atom is 0.255 e. The molecule has 0 bridgehead atoms. The van der Waals surface area contributed by atoms with Crippen LogP contribution < -0.4 is 19.9 Å². The predicted molar refractivity (Wildman–Crippen MR) is 120 cm³/mol. The second-order valence-electron chi connectivity index (χ2n) is 7.56. The Kier molecular flexibility index (Phi) is 6.08. The third-order valence-corrected chi connectivity index (χ3v) is 5.52. The first kappa shape index (κ1) is 22.0. The molecule has 0 spiro atoms. The molecule has 0 saturated carbocycles. The van der Waals surface area contributed by atoms with Crippen LogP contribution in [-0.4, -0.2) is 37.1 Å². The zero-order chi connectivity index (χ0) is 23.5. The van der Waals surface area contributed by atoms with Crippen molar-refractivity contribution in [3.8, 4) is 22.8 Å². The van der Waals surface area contributed by atoms with Crippen molar-refractivity contribution >= 4 is 22.8 Å². The molecule has 33 heavy (non-hydrogen) atoms. The van der Waals surface area contributed by atoms with Crippen LogP contribution in [0, 0.1) is 6.92 Å². The average Bonchev–Trinajstić information content (AvgIpc) is 3.41. The molecule has 0 aliphatic carbocycles. The fraction of sp³-hybridized carbons (Fsp3) is 0.200. The van der Waals surface area contributed by atoms with E-state index in [0.717, 1.165) is 16.5 Å². The van der Waals surface area contributed by atoms with Crippen molar-refractivity contribution in [2.24, 2.45) is 0 Å². The Bertz CT molecular complexity index is 1320. The van der Waals surface area contributed by atoms with Gasteiger partial charge in [-0.1, -0.05) is 18.2 Å². The summed E-state index contributed by atoms with van der Waals surface area (Å²) >= 11 is 0. The molecule has 0 aliphatic rings. The molecule has 4 rings (SSSR count). The van der Waals surface area contributed by atoms with Crippen LogP contribution in [0.3, 0.4) is 0 Å². The zero-order valence-electron chi connectivity index (χ0n) is 18.4. The average molecular weight is 447 g/mol. The van der Waals surface area contributed by atoms with Gasteiger partial charge in [-0.3, -0.25) is 4.79 Å². The molecule has 8 nitrogen and oxygen atoms in total. The van der Waals surface area contributed by atoms with Crippen molar-refractivity contribution in [2.75, 3.05) is 14.2 Å². The van der Waals surface area contributed by atoms with Gasteiger partial charge in [0.25, 0.3) is 5.91 Å². The number of benzene rings is 2. The second kappa shape index (κ2) is 9.12. The standard InChI is InChI=1S/C25H24N2O6/c1-14-18(12-22(33-14)15-8-9-21(31-2)23(11-15)32-3)24(28)27-20(25(29)30)10-16-13-26-19-7-5-4-6-17(16)19/h4-9,11-13,20,26H,10H2,1-3H3,(H,27,28)(H,29,30)/p-1. The molecule has 1 unspecified atom stereocenters. The van der Waals surface area contributed by atoms with Gasteiger partial charge in [0.15, 0.2) is 11.5 Å². The van der Waals surface area contributed by atoms with E-state index < -0.39 is 17.9 Å². The number of nitrogens with one attached hydrogen (secondary N) is 2. The zero-order valence-corrected chi connectivity index (χ0v) is 18.4. The monoisotopic (exact) mass is 447 g/mol. The topological polar surface area (TPSA) is 117 Å². The van der Waals surface area contributed by atoms with Crippen molar-refractivity contribution in [2.45, 2.75) is 19.4 Å². The third-order valence-electron chi connectivity index (χ3n) is 5.52. The minimum Gasteiger partial charge on any atom is -0.548 e. The first-order valence-corrected chi connectivity index (χ1v) is 10.3. The number of ether oxygens (including phenoxy) is 2. The van der Waals surface area contributed by atoms with Crippen molar-refractivity contribution in [1.29, 1.82) is 0 Å². The van der Waals surface area contributed by atoms with E-state index in [2.05, 4.69) is 10.3 Å². The van der Waals surface area contributed by atoms with Gasteiger partial charge in [-0.05, 0) is 42.8 Å². The maximum atomic E-state index is 12.9. The van der Waals surface area contributed by atoms with Gasteiger partial charge < -0.3 is 34.1 Å². The van der Waals surface area contributed by atoms with E-state index in [1.165, 1.54) is 7.11 Å². The lowest BCUT2D eigenvalue weighted by atomic mass is 10.0. The highest BCUT2D eigenvalue weighted by Gasteiger charge is 2.22. The SMILES string of the molecule is COc1ccc(-c2cc(C(=O)NC(Cc3c[nH]c4ccccc34)C(=O)[O-])c(C)o2)cc1OC. The van der Waals surface area contributed by atoms with Crippen molar-refractivity contribution < 1.29 is 28.6 Å². The van der Waals surface area contributed by atoms with Gasteiger partial charge in [-0.25, -0.2) is 0 Å². The first-order valence-electron chi connectivity index (χ1n) is 10.3. The molecule has 0 aliphatic heterocycles. The number of aromatic amines is 1. The largest absolute Gasteiger partial charge is 0.548 e. The van der Waals surface area contributed by atoms with E-state index in [0.29, 0.717) is 28.6 Å². The molecule has 4 aromatic rings. The normalized spacial score (nSPS) is 11.8. The number of aliphatic carboxylic acids is 1. The van der Waals surface area contributed by atoms with E-state index in [1.807, 2.05) is 24.3 Å². The second-order valence-corrected chi connectivity index (χ2v) is 7.56. The fourth-order valence-corrected chi connectivity index (χ4v) is 3.79. The molecule has 0 fully saturated rings. The molecule has 8 heteroatoms. The molecular formula is C25H23N2O6-. The van der Waals surface area contributed by atoms with Gasteiger partial charge in [0.2, 0.25) is 0 Å². The Morgan fingerprint density at radius 3 is 2.58 bits per heavy atom. The Hall–Kier alpha value is -4.20. The van der Waals surface area contributed by atoms with E-state index in [4.69, 9.17) is 13.9 Å². The summed E-state index contributed by atoms with van der Waals surface area (Å²) in [5, 5.41) is 15.2. The quantitative estimate of drug-likeness (QED) is 0.429. The lowest BCUT2D eigenvalue weighted by Crippen LogP contribution is -2.49. The lowest BCUT2D eigenvalue weighted by Gasteiger charge is -2.19. The van der Waals surface area contributed by atoms with Gasteiger partial charge in [0.1, 0.15) is 11.5 Å². The van der Waals surface area contributed by atoms with Gasteiger partial charge >= 0.3 is 0 Å². The molecule has 2 heterocycles. The van der Waals surface area contributed by atoms with E-state index >= 15 is 0 Å². The molecule has 0 radical (unpaired) electrons. The fourth-order valence-electron chi connectivity index (χ4n) is 3.79. The number of fused-ring (bicyclic) bond motifs is 1. The van der Waals surface area contributed by atoms with E-state index in [1.54, 1.807) is 44.5 Å². The first-order chi connectivity index (χ1) is 15.9. The van der Waals surface area contributed by atoms with E-state index in [9.17, 15) is 14.7 Å². The number of methoxy groups -OCH3 is 2. The summed E-state index contributed by atoms with van der Waals surface area (Å²) < 4.78 is 16.3. The minimum atomic E-state index is -1.37. The number of para-hydroxylation sites is 1. The number of carboxylic acid groups (broad SMARTS) is 1. The molecule has 170 valence electrons. The van der Waals surface area contributed by atoms with Gasteiger partial charge in [0.05, 0.1) is 31.8 Å². The molecule has 1 atom stereocenters. The van der Waals surface area contributed by atoms with Crippen molar-refractivity contribution in [3.63, 3.8) is 0 Å². The summed E-state index contributed by atoms with van der Waals surface area (Å²) in [6, 6.07) is 13.2. The number of H-pyrrole nitrogens is 1. The minimum absolute atomic E-state index is 0.0809. The maximum absolute atomic E-state index is 12.9. The van der Waals surface area contributed by atoms with Gasteiger partial charge in [-0.2, -0.15) is 0 Å².